The maximum absolute atomic E-state index is 12.5. The van der Waals surface area contributed by atoms with Gasteiger partial charge in [-0.25, -0.2) is 0 Å². The molecule has 6 heteroatoms. The number of pyridine rings is 1. The smallest absolute Gasteiger partial charge is 0.270 e. The minimum atomic E-state index is -0.169. The molecule has 0 aromatic carbocycles. The van der Waals surface area contributed by atoms with Crippen LogP contribution in [0.5, 0.6) is 0 Å². The Balaban J connectivity index is 1.89. The van der Waals surface area contributed by atoms with E-state index in [0.29, 0.717) is 30.5 Å². The molecule has 1 fully saturated rings. The average Bonchev–Trinajstić information content (AvgIpc) is 3.52. The van der Waals surface area contributed by atoms with E-state index in [1.54, 1.807) is 6.20 Å². The lowest BCUT2D eigenvalue weighted by Crippen LogP contribution is -2.39. The van der Waals surface area contributed by atoms with E-state index in [9.17, 15) is 9.90 Å². The third-order valence-electron chi connectivity index (χ3n) is 5.53. The number of rotatable bonds is 7. The van der Waals surface area contributed by atoms with Crippen LogP contribution in [-0.4, -0.2) is 47.6 Å². The third kappa shape index (κ3) is 4.81. The Morgan fingerprint density at radius 3 is 2.76 bits per heavy atom. The van der Waals surface area contributed by atoms with Crippen molar-refractivity contribution in [2.75, 3.05) is 26.7 Å². The first-order chi connectivity index (χ1) is 14.0. The van der Waals surface area contributed by atoms with Gasteiger partial charge in [0.2, 0.25) is 0 Å². The van der Waals surface area contributed by atoms with Gasteiger partial charge in [0.05, 0.1) is 5.70 Å². The molecule has 0 saturated heterocycles. The van der Waals surface area contributed by atoms with Crippen molar-refractivity contribution >= 4 is 17.7 Å². The van der Waals surface area contributed by atoms with Gasteiger partial charge in [-0.3, -0.25) is 9.78 Å². The Morgan fingerprint density at radius 1 is 1.38 bits per heavy atom. The molecule has 1 aliphatic carbocycles. The molecule has 0 bridgehead atoms. The number of carbonyl (C=O) groups is 1. The lowest BCUT2D eigenvalue weighted by molar-refractivity contribution is 0.0949. The van der Waals surface area contributed by atoms with Crippen LogP contribution in [0.2, 0.25) is 0 Å². The van der Waals surface area contributed by atoms with Crippen LogP contribution in [0, 0.1) is 5.92 Å². The van der Waals surface area contributed by atoms with Crippen molar-refractivity contribution in [1.29, 1.82) is 0 Å². The van der Waals surface area contributed by atoms with Gasteiger partial charge in [-0.05, 0) is 56.0 Å². The highest BCUT2D eigenvalue weighted by atomic mass is 16.3. The number of likely N-dealkylation sites (N-methyl/N-ethyl adjacent to an activating group) is 1. The van der Waals surface area contributed by atoms with Crippen LogP contribution in [0.3, 0.4) is 0 Å². The van der Waals surface area contributed by atoms with Gasteiger partial charge in [0.1, 0.15) is 11.5 Å². The fourth-order valence-corrected chi connectivity index (χ4v) is 3.77. The molecule has 0 unspecified atom stereocenters. The summed E-state index contributed by atoms with van der Waals surface area (Å²) < 4.78 is 0. The maximum atomic E-state index is 12.5. The molecule has 156 valence electrons. The molecule has 2 heterocycles. The Kier molecular flexibility index (Phi) is 6.62. The molecule has 6 nitrogen and oxygen atoms in total. The topological polar surface area (TPSA) is 77.5 Å². The van der Waals surface area contributed by atoms with E-state index in [-0.39, 0.29) is 5.91 Å². The predicted octanol–water partition coefficient (Wildman–Crippen LogP) is 1.79. The summed E-state index contributed by atoms with van der Waals surface area (Å²) in [6, 6.07) is 1.96. The van der Waals surface area contributed by atoms with Gasteiger partial charge >= 0.3 is 0 Å². The zero-order valence-electron chi connectivity index (χ0n) is 17.9. The monoisotopic (exact) mass is 396 g/mol. The summed E-state index contributed by atoms with van der Waals surface area (Å²) in [6.07, 6.45) is 8.68. The highest BCUT2D eigenvalue weighted by Gasteiger charge is 2.32. The Bertz CT molecular complexity index is 958. The fraction of sp³-hybridized carbons (Fsp3) is 0.478. The van der Waals surface area contributed by atoms with Crippen molar-refractivity contribution in [2.24, 2.45) is 5.92 Å². The summed E-state index contributed by atoms with van der Waals surface area (Å²) >= 11 is 0. The third-order valence-corrected chi connectivity index (χ3v) is 5.53. The van der Waals surface area contributed by atoms with E-state index in [4.69, 9.17) is 0 Å². The summed E-state index contributed by atoms with van der Waals surface area (Å²) in [6.45, 7) is 8.03. The molecule has 1 aromatic heterocycles. The highest BCUT2D eigenvalue weighted by molar-refractivity contribution is 5.92. The van der Waals surface area contributed by atoms with Crippen molar-refractivity contribution < 1.29 is 9.90 Å². The van der Waals surface area contributed by atoms with E-state index < -0.39 is 0 Å². The molecule has 1 aliphatic heterocycles. The van der Waals surface area contributed by atoms with Crippen LogP contribution in [-0.2, 0) is 0 Å². The van der Waals surface area contributed by atoms with Gasteiger partial charge < -0.3 is 20.6 Å². The molecular formula is C23H32N4O2. The quantitative estimate of drug-likeness (QED) is 0.655. The molecule has 1 saturated carbocycles. The molecule has 0 atom stereocenters. The second-order valence-electron chi connectivity index (χ2n) is 7.84. The van der Waals surface area contributed by atoms with Gasteiger partial charge in [-0.1, -0.05) is 12.5 Å². The number of aliphatic hydroxyl groups excluding tert-OH is 1. The van der Waals surface area contributed by atoms with Crippen molar-refractivity contribution in [3.63, 3.8) is 0 Å². The zero-order valence-corrected chi connectivity index (χ0v) is 17.9. The number of hydrogen-bond acceptors (Lipinski definition) is 5. The van der Waals surface area contributed by atoms with Crippen LogP contribution in [0.15, 0.2) is 35.4 Å². The molecule has 1 amide bonds. The molecule has 3 rings (SSSR count). The van der Waals surface area contributed by atoms with Gasteiger partial charge in [-0.2, -0.15) is 0 Å². The molecule has 1 aromatic rings. The summed E-state index contributed by atoms with van der Waals surface area (Å²) in [5.74, 6) is 0.735. The highest BCUT2D eigenvalue weighted by Crippen LogP contribution is 2.40. The second kappa shape index (κ2) is 9.16. The number of hydrogen-bond donors (Lipinski definition) is 3. The van der Waals surface area contributed by atoms with Crippen molar-refractivity contribution in [3.8, 4) is 0 Å². The lowest BCUT2D eigenvalue weighted by atomic mass is 10.1. The molecule has 29 heavy (non-hydrogen) atoms. The van der Waals surface area contributed by atoms with Crippen LogP contribution < -0.4 is 21.1 Å². The number of allylic oxidation sites excluding steroid dienone is 2. The SMILES string of the molecule is CCNC(=O)c1nccc(=C(\C)CC)/c1=C\NCC1=CC(O)=C(C2CC2)N(C)C1. The summed E-state index contributed by atoms with van der Waals surface area (Å²) in [4.78, 5) is 19.0. The molecule has 0 spiro atoms. The molecular weight excluding hydrogens is 364 g/mol. The average molecular weight is 397 g/mol. The van der Waals surface area contributed by atoms with Crippen LogP contribution in [0.4, 0.5) is 0 Å². The first kappa shape index (κ1) is 21.0. The van der Waals surface area contributed by atoms with Gasteiger partial charge in [0, 0.05) is 50.2 Å². The second-order valence-corrected chi connectivity index (χ2v) is 7.84. The number of aliphatic hydroxyl groups is 1. The van der Waals surface area contributed by atoms with Crippen LogP contribution in [0.25, 0.3) is 11.8 Å². The Morgan fingerprint density at radius 2 is 2.14 bits per heavy atom. The Labute approximate surface area is 172 Å². The van der Waals surface area contributed by atoms with Crippen molar-refractivity contribution in [2.45, 2.75) is 40.0 Å². The standard InChI is InChI=1S/C23H32N4O2/c1-5-15(3)18-9-10-26-21(23(29)25-6-2)19(18)13-24-12-16-11-20(28)22(17-7-8-17)27(4)14-16/h9-11,13,17,24,28H,5-8,12,14H2,1-4H3,(H,25,29)/b18-15-,19-13+. The maximum Gasteiger partial charge on any atom is 0.270 e. The molecule has 2 aliphatic rings. The lowest BCUT2D eigenvalue weighted by Gasteiger charge is -2.28. The van der Waals surface area contributed by atoms with Gasteiger partial charge in [-0.15, -0.1) is 0 Å². The van der Waals surface area contributed by atoms with E-state index in [0.717, 1.165) is 34.7 Å². The summed E-state index contributed by atoms with van der Waals surface area (Å²) in [5.41, 5.74) is 3.81. The number of carbonyl (C=O) groups excluding carboxylic acids is 1. The number of nitrogens with zero attached hydrogens (tertiary/aromatic N) is 2. The molecule has 0 radical (unpaired) electrons. The van der Waals surface area contributed by atoms with E-state index in [2.05, 4.69) is 34.4 Å². The van der Waals surface area contributed by atoms with Gasteiger partial charge in [0.15, 0.2) is 0 Å². The molecule has 3 N–H and O–H groups in total. The Hall–Kier alpha value is -2.76. The van der Waals surface area contributed by atoms with Crippen LogP contribution >= 0.6 is 0 Å². The summed E-state index contributed by atoms with van der Waals surface area (Å²) in [7, 11) is 2.03. The van der Waals surface area contributed by atoms with Crippen LogP contribution in [0.1, 0.15) is 50.5 Å². The number of aromatic nitrogens is 1. The number of nitrogens with one attached hydrogen (secondary N) is 2. The predicted molar refractivity (Wildman–Crippen MR) is 116 cm³/mol. The normalized spacial score (nSPS) is 18.6. The van der Waals surface area contributed by atoms with Crippen molar-refractivity contribution in [1.82, 2.24) is 20.5 Å². The van der Waals surface area contributed by atoms with Gasteiger partial charge in [0.25, 0.3) is 5.91 Å². The largest absolute Gasteiger partial charge is 0.506 e. The minimum absolute atomic E-state index is 0.169. The van der Waals surface area contributed by atoms with Crippen molar-refractivity contribution in [3.05, 3.63) is 51.5 Å². The number of amides is 1. The first-order valence-corrected chi connectivity index (χ1v) is 10.5. The first-order valence-electron chi connectivity index (χ1n) is 10.5. The van der Waals surface area contributed by atoms with E-state index in [1.807, 2.05) is 32.3 Å². The zero-order chi connectivity index (χ0) is 21.0. The van der Waals surface area contributed by atoms with E-state index >= 15 is 0 Å². The fourth-order valence-electron chi connectivity index (χ4n) is 3.77. The summed E-state index contributed by atoms with van der Waals surface area (Å²) in [5, 5.41) is 18.4. The van der Waals surface area contributed by atoms with E-state index in [1.165, 1.54) is 18.4 Å². The minimum Gasteiger partial charge on any atom is -0.506 e.